The number of hydrogen-bond acceptors (Lipinski definition) is 1. The zero-order valence-electron chi connectivity index (χ0n) is 7.90. The van der Waals surface area contributed by atoms with E-state index in [1.807, 2.05) is 6.07 Å². The van der Waals surface area contributed by atoms with Crippen LogP contribution in [0.2, 0.25) is 5.02 Å². The molecule has 2 aromatic carbocycles. The van der Waals surface area contributed by atoms with E-state index in [-0.39, 0.29) is 33.2 Å². The summed E-state index contributed by atoms with van der Waals surface area (Å²) in [6.45, 7) is 0. The molecular weight excluding hydrogens is 400 g/mol. The van der Waals surface area contributed by atoms with Gasteiger partial charge in [-0.3, -0.25) is 0 Å². The minimum absolute atomic E-state index is 0. The van der Waals surface area contributed by atoms with Gasteiger partial charge in [0.05, 0.1) is 5.56 Å². The summed E-state index contributed by atoms with van der Waals surface area (Å²) in [7, 11) is 0. The third kappa shape index (κ3) is 2.32. The smallest absolute Gasteiger partial charge is 0.336 e. The molecule has 0 amide bonds. The fourth-order valence-electron chi connectivity index (χ4n) is 1.46. The Morgan fingerprint density at radius 3 is 2.33 bits per heavy atom. The van der Waals surface area contributed by atoms with E-state index in [1.54, 1.807) is 30.3 Å². The van der Waals surface area contributed by atoms with Crippen molar-refractivity contribution in [1.29, 1.82) is 0 Å². The third-order valence-corrected chi connectivity index (χ3v) is 2.43. The molecule has 2 nitrogen and oxygen atoms in total. The molecule has 0 spiro atoms. The molecule has 0 aromatic heterocycles. The molecule has 0 saturated heterocycles. The van der Waals surface area contributed by atoms with Crippen LogP contribution in [0.25, 0.3) is 10.8 Å². The molecule has 0 heterocycles. The van der Waals surface area contributed by atoms with E-state index in [0.29, 0.717) is 10.4 Å². The molecule has 0 fully saturated rings. The minimum atomic E-state index is -0.933. The van der Waals surface area contributed by atoms with Crippen molar-refractivity contribution in [3.8, 4) is 0 Å². The van der Waals surface area contributed by atoms with Crippen LogP contribution in [-0.2, 0) is 27.7 Å². The SMILES string of the molecule is O=C(O)c1cccc2c(Cl)cccc12.[Hg]. The fourth-order valence-corrected chi connectivity index (χ4v) is 1.70. The van der Waals surface area contributed by atoms with Crippen LogP contribution in [0.15, 0.2) is 36.4 Å². The summed E-state index contributed by atoms with van der Waals surface area (Å²) in [5.41, 5.74) is 0.282. The predicted octanol–water partition coefficient (Wildman–Crippen LogP) is 3.19. The molecule has 1 N–H and O–H groups in total. The summed E-state index contributed by atoms with van der Waals surface area (Å²) < 4.78 is 0. The molecule has 0 aliphatic rings. The Kier molecular flexibility index (Phi) is 4.11. The number of carboxylic acids is 1. The second-order valence-corrected chi connectivity index (χ2v) is 3.35. The van der Waals surface area contributed by atoms with Crippen molar-refractivity contribution in [2.24, 2.45) is 0 Å². The molecule has 0 aliphatic heterocycles. The van der Waals surface area contributed by atoms with Crippen molar-refractivity contribution < 1.29 is 37.6 Å². The maximum absolute atomic E-state index is 10.9. The second kappa shape index (κ2) is 4.95. The largest absolute Gasteiger partial charge is 0.478 e. The summed E-state index contributed by atoms with van der Waals surface area (Å²) >= 11 is 5.94. The van der Waals surface area contributed by atoms with Crippen LogP contribution >= 0.6 is 11.6 Å². The second-order valence-electron chi connectivity index (χ2n) is 2.95. The van der Waals surface area contributed by atoms with Gasteiger partial charge in [-0.15, -0.1) is 0 Å². The van der Waals surface area contributed by atoms with Crippen molar-refractivity contribution in [2.75, 3.05) is 0 Å². The summed E-state index contributed by atoms with van der Waals surface area (Å²) in [5.74, 6) is -0.933. The van der Waals surface area contributed by atoms with Gasteiger partial charge in [0, 0.05) is 38.1 Å². The number of aromatic carboxylic acids is 1. The number of benzene rings is 2. The van der Waals surface area contributed by atoms with E-state index >= 15 is 0 Å². The molecule has 0 unspecified atom stereocenters. The van der Waals surface area contributed by atoms with E-state index < -0.39 is 5.97 Å². The van der Waals surface area contributed by atoms with Crippen LogP contribution < -0.4 is 0 Å². The molecule has 4 heteroatoms. The van der Waals surface area contributed by atoms with Crippen molar-refractivity contribution in [2.45, 2.75) is 0 Å². The first-order valence-corrected chi connectivity index (χ1v) is 4.48. The Bertz CT molecular complexity index is 511. The fraction of sp³-hybridized carbons (Fsp3) is 0. The van der Waals surface area contributed by atoms with Gasteiger partial charge in [0.1, 0.15) is 0 Å². The number of carbonyl (C=O) groups is 1. The first kappa shape index (κ1) is 12.5. The zero-order valence-corrected chi connectivity index (χ0v) is 14.2. The molecule has 0 aliphatic carbocycles. The Morgan fingerprint density at radius 2 is 1.67 bits per heavy atom. The number of fused-ring (bicyclic) bond motifs is 1. The minimum Gasteiger partial charge on any atom is -0.478 e. The molecule has 15 heavy (non-hydrogen) atoms. The van der Waals surface area contributed by atoms with Crippen molar-refractivity contribution in [1.82, 2.24) is 0 Å². The quantitative estimate of drug-likeness (QED) is 0.738. The van der Waals surface area contributed by atoms with E-state index in [0.717, 1.165) is 5.39 Å². The maximum Gasteiger partial charge on any atom is 0.336 e. The van der Waals surface area contributed by atoms with Crippen LogP contribution in [0.3, 0.4) is 0 Å². The molecular formula is C11H7ClHgO2. The summed E-state index contributed by atoms with van der Waals surface area (Å²) in [5, 5.41) is 11.0. The molecule has 2 rings (SSSR count). The number of rotatable bonds is 1. The first-order chi connectivity index (χ1) is 6.70. The van der Waals surface area contributed by atoms with Gasteiger partial charge < -0.3 is 5.11 Å². The Hall–Kier alpha value is -0.605. The zero-order chi connectivity index (χ0) is 10.1. The molecule has 0 bridgehead atoms. The van der Waals surface area contributed by atoms with Crippen LogP contribution in [0.5, 0.6) is 0 Å². The van der Waals surface area contributed by atoms with Crippen LogP contribution in [0.1, 0.15) is 10.4 Å². The van der Waals surface area contributed by atoms with Gasteiger partial charge in [0.25, 0.3) is 0 Å². The number of hydrogen-bond donors (Lipinski definition) is 1. The summed E-state index contributed by atoms with van der Waals surface area (Å²) in [6, 6.07) is 10.3. The topological polar surface area (TPSA) is 37.3 Å². The van der Waals surface area contributed by atoms with Gasteiger partial charge in [-0.2, -0.15) is 0 Å². The molecule has 0 radical (unpaired) electrons. The Balaban J connectivity index is 0.00000112. The van der Waals surface area contributed by atoms with E-state index in [9.17, 15) is 4.79 Å². The Morgan fingerprint density at radius 1 is 1.07 bits per heavy atom. The third-order valence-electron chi connectivity index (χ3n) is 2.10. The van der Waals surface area contributed by atoms with Gasteiger partial charge in [0.2, 0.25) is 0 Å². The molecule has 0 atom stereocenters. The van der Waals surface area contributed by atoms with Gasteiger partial charge in [0.15, 0.2) is 0 Å². The van der Waals surface area contributed by atoms with Crippen LogP contribution in [-0.4, -0.2) is 11.1 Å². The van der Waals surface area contributed by atoms with Crippen molar-refractivity contribution >= 4 is 28.3 Å². The molecule has 0 saturated carbocycles. The normalized spacial score (nSPS) is 9.67. The van der Waals surface area contributed by atoms with Gasteiger partial charge in [-0.1, -0.05) is 35.9 Å². The molecule has 72 valence electrons. The first-order valence-electron chi connectivity index (χ1n) is 4.10. The van der Waals surface area contributed by atoms with Gasteiger partial charge in [-0.25, -0.2) is 4.79 Å². The molecule has 2 aromatic rings. The van der Waals surface area contributed by atoms with E-state index in [4.69, 9.17) is 16.7 Å². The van der Waals surface area contributed by atoms with Crippen molar-refractivity contribution in [3.63, 3.8) is 0 Å². The average Bonchev–Trinajstić information content (AvgIpc) is 2.17. The number of carboxylic acid groups (broad SMARTS) is 1. The van der Waals surface area contributed by atoms with Crippen LogP contribution in [0.4, 0.5) is 0 Å². The standard InChI is InChI=1S/C11H7ClO2.Hg/c12-10-6-2-3-7-8(10)4-1-5-9(7)11(13)14;/h1-6H,(H,13,14);. The Labute approximate surface area is 112 Å². The van der Waals surface area contributed by atoms with E-state index in [1.165, 1.54) is 0 Å². The monoisotopic (exact) mass is 408 g/mol. The van der Waals surface area contributed by atoms with Crippen LogP contribution in [0, 0.1) is 0 Å². The van der Waals surface area contributed by atoms with E-state index in [2.05, 4.69) is 0 Å². The van der Waals surface area contributed by atoms with Gasteiger partial charge in [-0.05, 0) is 17.5 Å². The summed E-state index contributed by atoms with van der Waals surface area (Å²) in [6.07, 6.45) is 0. The van der Waals surface area contributed by atoms with Crippen molar-refractivity contribution in [3.05, 3.63) is 47.0 Å². The maximum atomic E-state index is 10.9. The average molecular weight is 407 g/mol. The number of halogens is 1. The summed E-state index contributed by atoms with van der Waals surface area (Å²) in [4.78, 5) is 10.9. The van der Waals surface area contributed by atoms with Gasteiger partial charge >= 0.3 is 5.97 Å². The predicted molar refractivity (Wildman–Crippen MR) is 55.9 cm³/mol.